The van der Waals surface area contributed by atoms with E-state index in [1.165, 1.54) is 22.1 Å². The number of hydrogen-bond donors (Lipinski definition) is 1. The Morgan fingerprint density at radius 3 is 2.40 bits per heavy atom. The van der Waals surface area contributed by atoms with Gasteiger partial charge in [0.15, 0.2) is 0 Å². The van der Waals surface area contributed by atoms with Crippen molar-refractivity contribution in [3.05, 3.63) is 34.9 Å². The van der Waals surface area contributed by atoms with Gasteiger partial charge in [-0.25, -0.2) is 4.98 Å². The number of nitrogens with zero attached hydrogens (tertiary/aromatic N) is 1. The third kappa shape index (κ3) is 1.67. The first-order chi connectivity index (χ1) is 7.11. The van der Waals surface area contributed by atoms with Gasteiger partial charge in [-0.05, 0) is 44.0 Å². The van der Waals surface area contributed by atoms with E-state index in [0.29, 0.717) is 0 Å². The average Bonchev–Trinajstić information content (AvgIpc) is 2.19. The van der Waals surface area contributed by atoms with Gasteiger partial charge in [-0.3, -0.25) is 0 Å². The molecule has 1 aromatic carbocycles. The first-order valence-electron chi connectivity index (χ1n) is 5.18. The molecule has 0 saturated carbocycles. The Kier molecular flexibility index (Phi) is 2.35. The summed E-state index contributed by atoms with van der Waals surface area (Å²) in [4.78, 5) is 4.58. The lowest BCUT2D eigenvalue weighted by molar-refractivity contribution is 1.29. The molecule has 0 unspecified atom stereocenters. The third-order valence-electron chi connectivity index (χ3n) is 2.71. The van der Waals surface area contributed by atoms with Crippen LogP contribution in [-0.2, 0) is 0 Å². The van der Waals surface area contributed by atoms with Crippen LogP contribution in [0.2, 0.25) is 0 Å². The highest BCUT2D eigenvalue weighted by molar-refractivity contribution is 5.87. The fourth-order valence-corrected chi connectivity index (χ4v) is 1.97. The van der Waals surface area contributed by atoms with Gasteiger partial charge >= 0.3 is 0 Å². The summed E-state index contributed by atoms with van der Waals surface area (Å²) in [5.74, 6) is 0.937. The number of benzene rings is 1. The maximum Gasteiger partial charge on any atom is 0.126 e. The molecule has 0 bridgehead atoms. The number of aryl methyl sites for hydroxylation is 3. The van der Waals surface area contributed by atoms with Crippen LogP contribution >= 0.6 is 0 Å². The zero-order valence-electron chi connectivity index (χ0n) is 9.68. The molecule has 0 spiro atoms. The van der Waals surface area contributed by atoms with Crippen molar-refractivity contribution in [2.24, 2.45) is 0 Å². The first-order valence-corrected chi connectivity index (χ1v) is 5.18. The van der Waals surface area contributed by atoms with E-state index in [0.717, 1.165) is 11.3 Å². The molecule has 0 atom stereocenters. The largest absolute Gasteiger partial charge is 0.373 e. The minimum absolute atomic E-state index is 0.937. The van der Waals surface area contributed by atoms with E-state index in [4.69, 9.17) is 0 Å². The molecule has 2 rings (SSSR count). The van der Waals surface area contributed by atoms with Crippen molar-refractivity contribution < 1.29 is 0 Å². The van der Waals surface area contributed by atoms with Crippen LogP contribution in [0.3, 0.4) is 0 Å². The van der Waals surface area contributed by atoms with Gasteiger partial charge in [0.25, 0.3) is 0 Å². The molecule has 0 aliphatic rings. The molecule has 0 aliphatic heterocycles. The monoisotopic (exact) mass is 200 g/mol. The summed E-state index contributed by atoms with van der Waals surface area (Å²) in [6.45, 7) is 6.36. The summed E-state index contributed by atoms with van der Waals surface area (Å²) in [6, 6.07) is 6.46. The van der Waals surface area contributed by atoms with Gasteiger partial charge in [-0.1, -0.05) is 11.6 Å². The Morgan fingerprint density at radius 2 is 1.73 bits per heavy atom. The Bertz CT molecular complexity index is 515. The van der Waals surface area contributed by atoms with Gasteiger partial charge in [-0.2, -0.15) is 0 Å². The van der Waals surface area contributed by atoms with E-state index < -0.39 is 0 Å². The second-order valence-electron chi connectivity index (χ2n) is 4.05. The van der Waals surface area contributed by atoms with Crippen molar-refractivity contribution in [3.8, 4) is 0 Å². The molecule has 1 aromatic heterocycles. The molecule has 1 N–H and O–H groups in total. The Morgan fingerprint density at radius 1 is 1.00 bits per heavy atom. The van der Waals surface area contributed by atoms with Crippen molar-refractivity contribution >= 4 is 16.7 Å². The van der Waals surface area contributed by atoms with Crippen LogP contribution in [0.1, 0.15) is 16.7 Å². The van der Waals surface area contributed by atoms with Crippen LogP contribution in [0.25, 0.3) is 10.9 Å². The molecule has 2 aromatic rings. The molecule has 0 radical (unpaired) electrons. The number of anilines is 1. The van der Waals surface area contributed by atoms with Crippen LogP contribution in [0.5, 0.6) is 0 Å². The standard InChI is InChI=1S/C13H16N2/c1-8-5-10(3)13-11(6-8)9(2)7-12(14-4)15-13/h5-7H,1-4H3,(H,14,15). The Balaban J connectivity index is 2.85. The highest BCUT2D eigenvalue weighted by atomic mass is 15.0. The minimum Gasteiger partial charge on any atom is -0.373 e. The SMILES string of the molecule is CNc1cc(C)c2cc(C)cc(C)c2n1. The second kappa shape index (κ2) is 3.54. The number of aromatic nitrogens is 1. The molecule has 2 heteroatoms. The van der Waals surface area contributed by atoms with Gasteiger partial charge in [-0.15, -0.1) is 0 Å². The number of nitrogens with one attached hydrogen (secondary N) is 1. The molecule has 0 aliphatic carbocycles. The summed E-state index contributed by atoms with van der Waals surface area (Å²) in [7, 11) is 1.90. The maximum absolute atomic E-state index is 4.58. The predicted octanol–water partition coefficient (Wildman–Crippen LogP) is 3.20. The van der Waals surface area contributed by atoms with Crippen molar-refractivity contribution in [3.63, 3.8) is 0 Å². The topological polar surface area (TPSA) is 24.9 Å². The first kappa shape index (κ1) is 9.97. The molecule has 2 nitrogen and oxygen atoms in total. The smallest absolute Gasteiger partial charge is 0.126 e. The number of pyridine rings is 1. The summed E-state index contributed by atoms with van der Waals surface area (Å²) in [5, 5.41) is 4.35. The maximum atomic E-state index is 4.58. The van der Waals surface area contributed by atoms with E-state index in [-0.39, 0.29) is 0 Å². The molecule has 0 fully saturated rings. The quantitative estimate of drug-likeness (QED) is 0.764. The fourth-order valence-electron chi connectivity index (χ4n) is 1.97. The normalized spacial score (nSPS) is 10.7. The highest BCUT2D eigenvalue weighted by Crippen LogP contribution is 2.24. The molecular weight excluding hydrogens is 184 g/mol. The molecule has 15 heavy (non-hydrogen) atoms. The Labute approximate surface area is 90.3 Å². The summed E-state index contributed by atoms with van der Waals surface area (Å²) in [5.41, 5.74) is 4.91. The van der Waals surface area contributed by atoms with Gasteiger partial charge in [0.2, 0.25) is 0 Å². The predicted molar refractivity (Wildman–Crippen MR) is 65.5 cm³/mol. The summed E-state index contributed by atoms with van der Waals surface area (Å²) < 4.78 is 0. The van der Waals surface area contributed by atoms with Crippen molar-refractivity contribution in [1.29, 1.82) is 0 Å². The minimum atomic E-state index is 0.937. The molecule has 0 amide bonds. The van der Waals surface area contributed by atoms with Gasteiger partial charge in [0.1, 0.15) is 5.82 Å². The zero-order chi connectivity index (χ0) is 11.0. The van der Waals surface area contributed by atoms with Crippen LogP contribution in [-0.4, -0.2) is 12.0 Å². The summed E-state index contributed by atoms with van der Waals surface area (Å²) in [6.07, 6.45) is 0. The lowest BCUT2D eigenvalue weighted by atomic mass is 10.0. The van der Waals surface area contributed by atoms with Gasteiger partial charge in [0, 0.05) is 12.4 Å². The second-order valence-corrected chi connectivity index (χ2v) is 4.05. The van der Waals surface area contributed by atoms with Crippen molar-refractivity contribution in [1.82, 2.24) is 4.98 Å². The van der Waals surface area contributed by atoms with E-state index >= 15 is 0 Å². The van der Waals surface area contributed by atoms with E-state index in [1.54, 1.807) is 0 Å². The van der Waals surface area contributed by atoms with E-state index in [1.807, 2.05) is 7.05 Å². The van der Waals surface area contributed by atoms with E-state index in [2.05, 4.69) is 49.3 Å². The molecule has 78 valence electrons. The number of rotatable bonds is 1. The van der Waals surface area contributed by atoms with Crippen molar-refractivity contribution in [2.45, 2.75) is 20.8 Å². The Hall–Kier alpha value is -1.57. The van der Waals surface area contributed by atoms with Gasteiger partial charge in [0.05, 0.1) is 5.52 Å². The zero-order valence-corrected chi connectivity index (χ0v) is 9.68. The lowest BCUT2D eigenvalue weighted by Gasteiger charge is -2.09. The molecule has 0 saturated heterocycles. The van der Waals surface area contributed by atoms with Crippen LogP contribution < -0.4 is 5.32 Å². The number of hydrogen-bond acceptors (Lipinski definition) is 2. The molecular formula is C13H16N2. The van der Waals surface area contributed by atoms with Gasteiger partial charge < -0.3 is 5.32 Å². The summed E-state index contributed by atoms with van der Waals surface area (Å²) >= 11 is 0. The molecule has 1 heterocycles. The van der Waals surface area contributed by atoms with Crippen molar-refractivity contribution in [2.75, 3.05) is 12.4 Å². The van der Waals surface area contributed by atoms with E-state index in [9.17, 15) is 0 Å². The highest BCUT2D eigenvalue weighted by Gasteiger charge is 2.04. The average molecular weight is 200 g/mol. The fraction of sp³-hybridized carbons (Fsp3) is 0.308. The van der Waals surface area contributed by atoms with Crippen LogP contribution in [0.15, 0.2) is 18.2 Å². The lowest BCUT2D eigenvalue weighted by Crippen LogP contribution is -1.96. The number of fused-ring (bicyclic) bond motifs is 1. The van der Waals surface area contributed by atoms with Crippen LogP contribution in [0, 0.1) is 20.8 Å². The third-order valence-corrected chi connectivity index (χ3v) is 2.71. The van der Waals surface area contributed by atoms with Crippen LogP contribution in [0.4, 0.5) is 5.82 Å².